The highest BCUT2D eigenvalue weighted by atomic mass is 32.2. The first-order valence-corrected chi connectivity index (χ1v) is 6.75. The minimum Gasteiger partial charge on any atom is -0.317 e. The Bertz CT molecular complexity index is 393. The maximum atomic E-state index is 11.6. The summed E-state index contributed by atoms with van der Waals surface area (Å²) in [7, 11) is -3.29. The van der Waals surface area contributed by atoms with Gasteiger partial charge in [-0.1, -0.05) is 6.92 Å². The lowest BCUT2D eigenvalue weighted by Gasteiger charge is -2.06. The maximum Gasteiger partial charge on any atom is 0.232 e. The van der Waals surface area contributed by atoms with E-state index in [2.05, 4.69) is 20.0 Å². The Morgan fingerprint density at radius 2 is 2.00 bits per heavy atom. The number of nitrogens with zero attached hydrogens (tertiary/aromatic N) is 2. The Labute approximate surface area is 95.6 Å². The van der Waals surface area contributed by atoms with E-state index in [-0.39, 0.29) is 5.75 Å². The summed E-state index contributed by atoms with van der Waals surface area (Å²) in [5.74, 6) is 0.0922. The third-order valence-corrected chi connectivity index (χ3v) is 3.22. The summed E-state index contributed by atoms with van der Waals surface area (Å²) >= 11 is 0. The van der Waals surface area contributed by atoms with Gasteiger partial charge in [-0.25, -0.2) is 18.4 Å². The van der Waals surface area contributed by atoms with Gasteiger partial charge >= 0.3 is 0 Å². The van der Waals surface area contributed by atoms with Crippen LogP contribution in [0.4, 0.5) is 5.69 Å². The van der Waals surface area contributed by atoms with Crippen molar-refractivity contribution in [3.63, 3.8) is 0 Å². The van der Waals surface area contributed by atoms with E-state index in [0.29, 0.717) is 18.7 Å². The molecule has 0 bridgehead atoms. The molecule has 7 heteroatoms. The molecule has 0 aromatic carbocycles. The highest BCUT2D eigenvalue weighted by Crippen LogP contribution is 2.04. The molecule has 0 aliphatic rings. The van der Waals surface area contributed by atoms with Crippen molar-refractivity contribution in [3.8, 4) is 0 Å². The molecule has 2 N–H and O–H groups in total. The molecule has 6 nitrogen and oxygen atoms in total. The summed E-state index contributed by atoms with van der Waals surface area (Å²) in [6, 6.07) is 0. The Kier molecular flexibility index (Phi) is 5.13. The van der Waals surface area contributed by atoms with E-state index in [4.69, 9.17) is 0 Å². The van der Waals surface area contributed by atoms with E-state index in [1.165, 1.54) is 18.7 Å². The first kappa shape index (κ1) is 12.9. The van der Waals surface area contributed by atoms with Crippen LogP contribution in [0.5, 0.6) is 0 Å². The zero-order valence-corrected chi connectivity index (χ0v) is 10.00. The fourth-order valence-corrected chi connectivity index (χ4v) is 2.24. The molecular formula is C9H16N4O2S. The van der Waals surface area contributed by atoms with Gasteiger partial charge in [0.15, 0.2) is 0 Å². The molecule has 0 aliphatic carbocycles. The number of sulfonamides is 1. The van der Waals surface area contributed by atoms with Crippen LogP contribution in [0, 0.1) is 0 Å². The van der Waals surface area contributed by atoms with Gasteiger partial charge in [-0.3, -0.25) is 4.72 Å². The van der Waals surface area contributed by atoms with Crippen LogP contribution in [0.3, 0.4) is 0 Å². The molecule has 90 valence electrons. The lowest BCUT2D eigenvalue weighted by molar-refractivity contribution is 0.595. The van der Waals surface area contributed by atoms with Crippen molar-refractivity contribution in [1.29, 1.82) is 0 Å². The highest BCUT2D eigenvalue weighted by molar-refractivity contribution is 7.92. The van der Waals surface area contributed by atoms with Crippen molar-refractivity contribution in [2.45, 2.75) is 13.3 Å². The predicted molar refractivity (Wildman–Crippen MR) is 62.6 cm³/mol. The largest absolute Gasteiger partial charge is 0.317 e. The van der Waals surface area contributed by atoms with Crippen molar-refractivity contribution >= 4 is 15.7 Å². The lowest BCUT2D eigenvalue weighted by atomic mass is 10.5. The van der Waals surface area contributed by atoms with Gasteiger partial charge < -0.3 is 5.32 Å². The van der Waals surface area contributed by atoms with Crippen molar-refractivity contribution < 1.29 is 8.42 Å². The quantitative estimate of drug-likeness (QED) is 0.670. The summed E-state index contributed by atoms with van der Waals surface area (Å²) in [5.41, 5.74) is 0.394. The summed E-state index contributed by atoms with van der Waals surface area (Å²) < 4.78 is 25.6. The molecular weight excluding hydrogens is 228 g/mol. The topological polar surface area (TPSA) is 84.0 Å². The average molecular weight is 244 g/mol. The first-order chi connectivity index (χ1) is 7.64. The van der Waals surface area contributed by atoms with E-state index in [1.807, 2.05) is 6.92 Å². The number of hydrogen-bond acceptors (Lipinski definition) is 5. The van der Waals surface area contributed by atoms with Crippen LogP contribution in [0.1, 0.15) is 13.3 Å². The Balaban J connectivity index is 2.40. The SMILES string of the molecule is CCNCCCS(=O)(=O)Nc1cncnc1. The third-order valence-electron chi connectivity index (χ3n) is 1.85. The molecule has 0 fully saturated rings. The zero-order valence-electron chi connectivity index (χ0n) is 9.18. The Hall–Kier alpha value is -1.21. The summed E-state index contributed by atoms with van der Waals surface area (Å²) in [4.78, 5) is 7.46. The fourth-order valence-electron chi connectivity index (χ4n) is 1.15. The van der Waals surface area contributed by atoms with Gasteiger partial charge in [-0.05, 0) is 19.5 Å². The van der Waals surface area contributed by atoms with E-state index in [0.717, 1.165) is 6.54 Å². The Morgan fingerprint density at radius 1 is 1.31 bits per heavy atom. The van der Waals surface area contributed by atoms with Crippen LogP contribution >= 0.6 is 0 Å². The molecule has 1 heterocycles. The molecule has 0 radical (unpaired) electrons. The van der Waals surface area contributed by atoms with Crippen LogP contribution in [0.2, 0.25) is 0 Å². The van der Waals surface area contributed by atoms with Gasteiger partial charge in [-0.15, -0.1) is 0 Å². The monoisotopic (exact) mass is 244 g/mol. The maximum absolute atomic E-state index is 11.6. The second kappa shape index (κ2) is 6.39. The molecule has 1 aromatic rings. The Morgan fingerprint density at radius 3 is 2.62 bits per heavy atom. The molecule has 0 unspecified atom stereocenters. The minimum atomic E-state index is -3.29. The van der Waals surface area contributed by atoms with Crippen LogP contribution in [-0.4, -0.2) is 37.2 Å². The van der Waals surface area contributed by atoms with Crippen molar-refractivity contribution in [3.05, 3.63) is 18.7 Å². The average Bonchev–Trinajstić information content (AvgIpc) is 2.25. The number of nitrogens with one attached hydrogen (secondary N) is 2. The van der Waals surface area contributed by atoms with Crippen LogP contribution in [-0.2, 0) is 10.0 Å². The van der Waals surface area contributed by atoms with Crippen LogP contribution < -0.4 is 10.0 Å². The first-order valence-electron chi connectivity index (χ1n) is 5.10. The number of aromatic nitrogens is 2. The molecule has 16 heavy (non-hydrogen) atoms. The summed E-state index contributed by atoms with van der Waals surface area (Å²) in [6.07, 6.45) is 4.78. The molecule has 0 amide bonds. The number of anilines is 1. The van der Waals surface area contributed by atoms with Gasteiger partial charge in [0, 0.05) is 0 Å². The molecule has 0 atom stereocenters. The van der Waals surface area contributed by atoms with Gasteiger partial charge in [0.1, 0.15) is 6.33 Å². The van der Waals surface area contributed by atoms with E-state index in [1.54, 1.807) is 0 Å². The highest BCUT2D eigenvalue weighted by Gasteiger charge is 2.09. The molecule has 1 rings (SSSR count). The minimum absolute atomic E-state index is 0.0922. The molecule has 0 saturated carbocycles. The van der Waals surface area contributed by atoms with E-state index in [9.17, 15) is 8.42 Å². The zero-order chi connectivity index (χ0) is 11.9. The molecule has 0 saturated heterocycles. The summed E-state index contributed by atoms with van der Waals surface area (Å²) in [5, 5.41) is 3.07. The second-order valence-electron chi connectivity index (χ2n) is 3.26. The van der Waals surface area contributed by atoms with E-state index >= 15 is 0 Å². The normalized spacial score (nSPS) is 11.3. The van der Waals surface area contributed by atoms with Crippen molar-refractivity contribution in [2.75, 3.05) is 23.6 Å². The van der Waals surface area contributed by atoms with Crippen molar-refractivity contribution in [2.24, 2.45) is 0 Å². The lowest BCUT2D eigenvalue weighted by Crippen LogP contribution is -2.21. The fraction of sp³-hybridized carbons (Fsp3) is 0.556. The van der Waals surface area contributed by atoms with Crippen LogP contribution in [0.25, 0.3) is 0 Å². The van der Waals surface area contributed by atoms with Gasteiger partial charge in [0.2, 0.25) is 10.0 Å². The van der Waals surface area contributed by atoms with Crippen molar-refractivity contribution in [1.82, 2.24) is 15.3 Å². The van der Waals surface area contributed by atoms with Crippen LogP contribution in [0.15, 0.2) is 18.7 Å². The predicted octanol–water partition coefficient (Wildman–Crippen LogP) is 0.218. The van der Waals surface area contributed by atoms with E-state index < -0.39 is 10.0 Å². The van der Waals surface area contributed by atoms with Gasteiger partial charge in [0.25, 0.3) is 0 Å². The van der Waals surface area contributed by atoms with Gasteiger partial charge in [0.05, 0.1) is 23.8 Å². The van der Waals surface area contributed by atoms with Gasteiger partial charge in [-0.2, -0.15) is 0 Å². The number of hydrogen-bond donors (Lipinski definition) is 2. The molecule has 0 aliphatic heterocycles. The molecule has 0 spiro atoms. The second-order valence-corrected chi connectivity index (χ2v) is 5.10. The molecule has 1 aromatic heterocycles. The number of rotatable bonds is 7. The smallest absolute Gasteiger partial charge is 0.232 e. The summed E-state index contributed by atoms with van der Waals surface area (Å²) in [6.45, 7) is 3.52. The third kappa shape index (κ3) is 5.04. The standard InChI is InChI=1S/C9H16N4O2S/c1-2-10-4-3-5-16(14,15)13-9-6-11-8-12-7-9/h6-8,10,13H,2-5H2,1H3.